The molecule has 3 atom stereocenters. The van der Waals surface area contributed by atoms with Crippen molar-refractivity contribution in [2.24, 2.45) is 5.92 Å². The Labute approximate surface area is 237 Å². The highest BCUT2D eigenvalue weighted by molar-refractivity contribution is 6.37. The van der Waals surface area contributed by atoms with Gasteiger partial charge in [0.15, 0.2) is 11.2 Å². The number of benzene rings is 1. The van der Waals surface area contributed by atoms with Gasteiger partial charge in [-0.15, -0.1) is 0 Å². The van der Waals surface area contributed by atoms with Crippen molar-refractivity contribution >= 4 is 28.5 Å². The fraction of sp³-hybridized carbons (Fsp3) is 0.517. The van der Waals surface area contributed by atoms with Crippen molar-refractivity contribution in [1.82, 2.24) is 19.4 Å². The standard InChI is InChI=1S/C29H34ClFN6O3/c1-16(2)37-23(14-36-9-4-5-18(11-32)13-36)17(3)28(39)20-7-6-19(25(30)27(20)37)26-21(31)12-33-29(35-26)34-22-8-10-40-15-24(22)38/h6-7,12,16,18,22,24,38H,4-5,8-10,13-15H2,1-3H3,(H,33,34,35)/t18-,22+,24+/m0/s1. The lowest BCUT2D eigenvalue weighted by molar-refractivity contribution is -0.0136. The van der Waals surface area contributed by atoms with E-state index in [1.165, 1.54) is 0 Å². The van der Waals surface area contributed by atoms with Crippen LogP contribution in [0.1, 0.15) is 50.4 Å². The zero-order valence-electron chi connectivity index (χ0n) is 23.0. The maximum atomic E-state index is 15.2. The maximum absolute atomic E-state index is 15.2. The predicted molar refractivity (Wildman–Crippen MR) is 152 cm³/mol. The van der Waals surface area contributed by atoms with Crippen LogP contribution in [0, 0.1) is 30.0 Å². The van der Waals surface area contributed by atoms with Gasteiger partial charge in [0.25, 0.3) is 0 Å². The lowest BCUT2D eigenvalue weighted by atomic mass is 9.98. The summed E-state index contributed by atoms with van der Waals surface area (Å²) < 4.78 is 22.5. The zero-order valence-corrected chi connectivity index (χ0v) is 23.7. The van der Waals surface area contributed by atoms with Crippen molar-refractivity contribution in [3.8, 4) is 17.3 Å². The molecule has 2 aromatic heterocycles. The summed E-state index contributed by atoms with van der Waals surface area (Å²) in [4.78, 5) is 24.3. The Morgan fingerprint density at radius 2 is 2.15 bits per heavy atom. The summed E-state index contributed by atoms with van der Waals surface area (Å²) in [7, 11) is 0. The molecule has 0 amide bonds. The Bertz CT molecular complexity index is 1520. The van der Waals surface area contributed by atoms with Crippen LogP contribution in [0.4, 0.5) is 10.3 Å². The van der Waals surface area contributed by atoms with E-state index in [1.807, 2.05) is 20.8 Å². The fourth-order valence-electron chi connectivity index (χ4n) is 5.78. The van der Waals surface area contributed by atoms with Gasteiger partial charge in [-0.2, -0.15) is 5.26 Å². The number of pyridine rings is 1. The molecule has 2 fully saturated rings. The lowest BCUT2D eigenvalue weighted by Gasteiger charge is -2.32. The average molecular weight is 569 g/mol. The minimum atomic E-state index is -0.736. The van der Waals surface area contributed by atoms with E-state index in [2.05, 4.69) is 30.8 Å². The van der Waals surface area contributed by atoms with Gasteiger partial charge in [-0.25, -0.2) is 14.4 Å². The number of hydrogen-bond acceptors (Lipinski definition) is 8. The summed E-state index contributed by atoms with van der Waals surface area (Å²) in [5.41, 5.74) is 2.23. The minimum absolute atomic E-state index is 0.00345. The molecule has 0 aliphatic carbocycles. The monoisotopic (exact) mass is 568 g/mol. The van der Waals surface area contributed by atoms with E-state index in [-0.39, 0.29) is 46.7 Å². The highest BCUT2D eigenvalue weighted by Gasteiger charge is 2.27. The number of nitrogens with zero attached hydrogens (tertiary/aromatic N) is 5. The number of fused-ring (bicyclic) bond motifs is 1. The second-order valence-electron chi connectivity index (χ2n) is 11.0. The largest absolute Gasteiger partial charge is 0.389 e. The van der Waals surface area contributed by atoms with Gasteiger partial charge in [0.2, 0.25) is 5.95 Å². The summed E-state index contributed by atoms with van der Waals surface area (Å²) >= 11 is 7.03. The third-order valence-electron chi connectivity index (χ3n) is 7.88. The topological polar surface area (TPSA) is 116 Å². The molecule has 0 saturated carbocycles. The van der Waals surface area contributed by atoms with E-state index >= 15 is 4.39 Å². The molecule has 0 bridgehead atoms. The summed E-state index contributed by atoms with van der Waals surface area (Å²) in [5, 5.41) is 23.5. The van der Waals surface area contributed by atoms with E-state index < -0.39 is 11.9 Å². The first-order valence-electron chi connectivity index (χ1n) is 13.7. The molecule has 40 heavy (non-hydrogen) atoms. The second-order valence-corrected chi connectivity index (χ2v) is 11.3. The Balaban J connectivity index is 1.61. The summed E-state index contributed by atoms with van der Waals surface area (Å²) in [5.74, 6) is -0.516. The summed E-state index contributed by atoms with van der Waals surface area (Å²) in [6.45, 7) is 8.58. The maximum Gasteiger partial charge on any atom is 0.223 e. The van der Waals surface area contributed by atoms with Gasteiger partial charge < -0.3 is 19.7 Å². The molecule has 212 valence electrons. The van der Waals surface area contributed by atoms with Crippen LogP contribution in [0.25, 0.3) is 22.2 Å². The first kappa shape index (κ1) is 28.4. The van der Waals surface area contributed by atoms with Crippen LogP contribution in [0.2, 0.25) is 5.02 Å². The van der Waals surface area contributed by atoms with E-state index in [0.29, 0.717) is 48.1 Å². The molecule has 0 radical (unpaired) electrons. The van der Waals surface area contributed by atoms with Crippen molar-refractivity contribution in [2.45, 2.75) is 64.8 Å². The molecule has 2 aliphatic heterocycles. The Morgan fingerprint density at radius 1 is 1.35 bits per heavy atom. The Morgan fingerprint density at radius 3 is 2.88 bits per heavy atom. The highest BCUT2D eigenvalue weighted by Crippen LogP contribution is 2.37. The number of piperidine rings is 1. The lowest BCUT2D eigenvalue weighted by Crippen LogP contribution is -2.42. The molecule has 0 unspecified atom stereocenters. The quantitative estimate of drug-likeness (QED) is 0.448. The summed E-state index contributed by atoms with van der Waals surface area (Å²) in [6.07, 6.45) is 2.71. The SMILES string of the molecule is Cc1c(CN2CCC[C@@H](C#N)C2)n(C(C)C)c2c(Cl)c(-c3nc(N[C@@H]4CCOC[C@H]4O)ncc3F)ccc2c1=O. The minimum Gasteiger partial charge on any atom is -0.389 e. The van der Waals surface area contributed by atoms with E-state index in [1.54, 1.807) is 12.1 Å². The third-order valence-corrected chi connectivity index (χ3v) is 8.27. The smallest absolute Gasteiger partial charge is 0.223 e. The Hall–Kier alpha value is -3.10. The first-order valence-corrected chi connectivity index (χ1v) is 14.1. The molecule has 2 saturated heterocycles. The molecule has 11 heteroatoms. The molecule has 1 aromatic carbocycles. The van der Waals surface area contributed by atoms with Crippen molar-refractivity contribution in [3.05, 3.63) is 50.7 Å². The van der Waals surface area contributed by atoms with Gasteiger partial charge in [-0.1, -0.05) is 17.7 Å². The first-order chi connectivity index (χ1) is 19.2. The van der Waals surface area contributed by atoms with Gasteiger partial charge in [0, 0.05) is 47.9 Å². The van der Waals surface area contributed by atoms with Gasteiger partial charge in [-0.05, 0) is 52.6 Å². The van der Waals surface area contributed by atoms with Crippen molar-refractivity contribution < 1.29 is 14.2 Å². The fourth-order valence-corrected chi connectivity index (χ4v) is 6.12. The molecule has 5 rings (SSSR count). The molecular formula is C29H34ClFN6O3. The normalized spacial score (nSPS) is 22.0. The number of halogens is 2. The van der Waals surface area contributed by atoms with Crippen molar-refractivity contribution in [3.63, 3.8) is 0 Å². The second kappa shape index (κ2) is 11.8. The third kappa shape index (κ3) is 5.44. The number of nitriles is 1. The number of ether oxygens (including phenoxy) is 1. The van der Waals surface area contributed by atoms with Crippen LogP contribution < -0.4 is 10.7 Å². The molecule has 4 heterocycles. The number of aromatic nitrogens is 3. The van der Waals surface area contributed by atoms with Crippen molar-refractivity contribution in [2.75, 3.05) is 31.6 Å². The van der Waals surface area contributed by atoms with Crippen molar-refractivity contribution in [1.29, 1.82) is 5.26 Å². The molecule has 3 aromatic rings. The van der Waals surface area contributed by atoms with Gasteiger partial charge >= 0.3 is 0 Å². The van der Waals surface area contributed by atoms with Crippen LogP contribution in [-0.4, -0.2) is 63.0 Å². The number of likely N-dealkylation sites (tertiary alicyclic amines) is 1. The number of nitrogens with one attached hydrogen (secondary N) is 1. The number of aliphatic hydroxyl groups is 1. The van der Waals surface area contributed by atoms with Crippen LogP contribution in [0.3, 0.4) is 0 Å². The van der Waals surface area contributed by atoms with Gasteiger partial charge in [0.1, 0.15) is 5.69 Å². The molecule has 2 aliphatic rings. The highest BCUT2D eigenvalue weighted by atomic mass is 35.5. The van der Waals surface area contributed by atoms with Crippen LogP contribution in [0.15, 0.2) is 23.1 Å². The van der Waals surface area contributed by atoms with E-state index in [0.717, 1.165) is 31.3 Å². The van der Waals surface area contributed by atoms with Crippen LogP contribution in [0.5, 0.6) is 0 Å². The molecule has 9 nitrogen and oxygen atoms in total. The predicted octanol–water partition coefficient (Wildman–Crippen LogP) is 4.44. The number of hydrogen-bond donors (Lipinski definition) is 2. The number of anilines is 1. The number of aliphatic hydroxyl groups excluding tert-OH is 1. The van der Waals surface area contributed by atoms with Crippen LogP contribution >= 0.6 is 11.6 Å². The summed E-state index contributed by atoms with van der Waals surface area (Å²) in [6, 6.07) is 5.30. The van der Waals surface area contributed by atoms with Gasteiger partial charge in [0.05, 0.1) is 47.5 Å². The van der Waals surface area contributed by atoms with Crippen LogP contribution in [-0.2, 0) is 11.3 Å². The molecule has 2 N–H and O–H groups in total. The molecular weight excluding hydrogens is 535 g/mol. The Kier molecular flexibility index (Phi) is 8.38. The zero-order chi connectivity index (χ0) is 28.6. The average Bonchev–Trinajstić information content (AvgIpc) is 2.94. The number of rotatable bonds is 6. The van der Waals surface area contributed by atoms with E-state index in [9.17, 15) is 15.2 Å². The van der Waals surface area contributed by atoms with Gasteiger partial charge in [-0.3, -0.25) is 9.69 Å². The molecule has 0 spiro atoms. The van der Waals surface area contributed by atoms with E-state index in [4.69, 9.17) is 16.3 Å².